The van der Waals surface area contributed by atoms with Gasteiger partial charge in [-0.05, 0) is 56.5 Å². The Balaban J connectivity index is 1.59. The van der Waals surface area contributed by atoms with Gasteiger partial charge in [0.05, 0.1) is 10.9 Å². The highest BCUT2D eigenvalue weighted by Gasteiger charge is 2.41. The lowest BCUT2D eigenvalue weighted by molar-refractivity contribution is -0.124. The molecule has 31 heavy (non-hydrogen) atoms. The molecule has 0 unspecified atom stereocenters. The molecule has 2 aromatic carbocycles. The molecule has 0 aromatic heterocycles. The van der Waals surface area contributed by atoms with Crippen LogP contribution in [0.4, 0.5) is 11.4 Å². The average Bonchev–Trinajstić information content (AvgIpc) is 3.08. The largest absolute Gasteiger partial charge is 0.325 e. The second-order valence-corrected chi connectivity index (χ2v) is 9.15. The van der Waals surface area contributed by atoms with Gasteiger partial charge in [-0.1, -0.05) is 49.4 Å². The van der Waals surface area contributed by atoms with E-state index < -0.39 is 11.3 Å². The van der Waals surface area contributed by atoms with Gasteiger partial charge in [0.1, 0.15) is 11.9 Å². The van der Waals surface area contributed by atoms with E-state index in [9.17, 15) is 9.59 Å². The molecule has 0 radical (unpaired) electrons. The number of nitrogens with zero attached hydrogens (tertiary/aromatic N) is 3. The zero-order valence-corrected chi connectivity index (χ0v) is 19.0. The summed E-state index contributed by atoms with van der Waals surface area (Å²) in [5.41, 5.74) is 4.59. The third-order valence-electron chi connectivity index (χ3n) is 5.62. The summed E-state index contributed by atoms with van der Waals surface area (Å²) in [5.74, 6) is 0.439. The van der Waals surface area contributed by atoms with Crippen molar-refractivity contribution in [2.45, 2.75) is 51.8 Å². The second kappa shape index (κ2) is 8.67. The predicted molar refractivity (Wildman–Crippen MR) is 127 cm³/mol. The number of aliphatic imine (C=N–C) groups is 2. The molecule has 2 aliphatic heterocycles. The first-order valence-corrected chi connectivity index (χ1v) is 11.4. The first-order chi connectivity index (χ1) is 14.9. The van der Waals surface area contributed by atoms with Crippen LogP contribution in [0.15, 0.2) is 52.4 Å². The van der Waals surface area contributed by atoms with Gasteiger partial charge in [0.25, 0.3) is 5.91 Å². The quantitative estimate of drug-likeness (QED) is 0.733. The molecular weight excluding hydrogens is 408 g/mol. The number of carbonyl (C=O) groups excluding carboxylic acids is 2. The number of hydrogen-bond acceptors (Lipinski definition) is 5. The molecule has 0 saturated heterocycles. The standard InChI is InChI=1S/C24H26N4O2S/c1-5-9-20-23(30)28-21(25-20)17-11-6-7-12-19(17)27-24(28)31-16(4)22(29)26-18-13-8-10-14(2)15(18)3/h6-8,10-13,16,20H,5,9H2,1-4H3,(H,26,29)/t16-,20-/m1/s1. The van der Waals surface area contributed by atoms with Crippen LogP contribution in [-0.4, -0.2) is 39.0 Å². The van der Waals surface area contributed by atoms with E-state index in [-0.39, 0.29) is 11.8 Å². The van der Waals surface area contributed by atoms with Crippen molar-refractivity contribution in [2.75, 3.05) is 5.32 Å². The summed E-state index contributed by atoms with van der Waals surface area (Å²) in [6.45, 7) is 7.88. The number of benzene rings is 2. The number of hydrogen-bond donors (Lipinski definition) is 1. The Morgan fingerprint density at radius 3 is 2.74 bits per heavy atom. The van der Waals surface area contributed by atoms with E-state index in [4.69, 9.17) is 9.98 Å². The van der Waals surface area contributed by atoms with Crippen LogP contribution in [0.25, 0.3) is 0 Å². The number of thioether (sulfide) groups is 1. The highest BCUT2D eigenvalue weighted by Crippen LogP contribution is 2.35. The van der Waals surface area contributed by atoms with Crippen molar-refractivity contribution in [3.05, 3.63) is 59.2 Å². The Bertz CT molecular complexity index is 1110. The van der Waals surface area contributed by atoms with Crippen LogP contribution in [0.2, 0.25) is 0 Å². The fourth-order valence-electron chi connectivity index (χ4n) is 3.68. The topological polar surface area (TPSA) is 74.1 Å². The maximum atomic E-state index is 13.1. The average molecular weight is 435 g/mol. The highest BCUT2D eigenvalue weighted by molar-refractivity contribution is 8.15. The first kappa shape index (κ1) is 21.3. The molecule has 7 heteroatoms. The molecule has 2 amide bonds. The van der Waals surface area contributed by atoms with Crippen LogP contribution in [0.5, 0.6) is 0 Å². The summed E-state index contributed by atoms with van der Waals surface area (Å²) in [6, 6.07) is 13.1. The molecule has 2 aromatic rings. The van der Waals surface area contributed by atoms with Gasteiger partial charge in [-0.2, -0.15) is 0 Å². The number of aryl methyl sites for hydroxylation is 1. The smallest absolute Gasteiger partial charge is 0.259 e. The molecule has 0 bridgehead atoms. The van der Waals surface area contributed by atoms with Crippen molar-refractivity contribution in [3.63, 3.8) is 0 Å². The first-order valence-electron chi connectivity index (χ1n) is 10.5. The third kappa shape index (κ3) is 4.02. The van der Waals surface area contributed by atoms with Crippen molar-refractivity contribution in [1.29, 1.82) is 0 Å². The predicted octanol–water partition coefficient (Wildman–Crippen LogP) is 4.82. The minimum atomic E-state index is -0.441. The summed E-state index contributed by atoms with van der Waals surface area (Å²) in [7, 11) is 0. The molecular formula is C24H26N4O2S. The Labute approximate surface area is 186 Å². The Morgan fingerprint density at radius 1 is 1.19 bits per heavy atom. The number of rotatable bonds is 5. The molecule has 2 heterocycles. The number of fused-ring (bicyclic) bond motifs is 3. The fraction of sp³-hybridized carbons (Fsp3) is 0.333. The molecule has 0 saturated carbocycles. The highest BCUT2D eigenvalue weighted by atomic mass is 32.2. The van der Waals surface area contributed by atoms with Crippen LogP contribution < -0.4 is 5.32 Å². The van der Waals surface area contributed by atoms with Gasteiger partial charge in [-0.3, -0.25) is 14.6 Å². The summed E-state index contributed by atoms with van der Waals surface area (Å²) >= 11 is 1.28. The van der Waals surface area contributed by atoms with Gasteiger partial charge in [0.15, 0.2) is 5.17 Å². The molecule has 1 N–H and O–H groups in total. The van der Waals surface area contributed by atoms with Gasteiger partial charge in [0.2, 0.25) is 5.91 Å². The van der Waals surface area contributed by atoms with Crippen molar-refractivity contribution in [2.24, 2.45) is 9.98 Å². The van der Waals surface area contributed by atoms with Crippen molar-refractivity contribution < 1.29 is 9.59 Å². The molecule has 2 aliphatic rings. The van der Waals surface area contributed by atoms with Crippen LogP contribution >= 0.6 is 11.8 Å². The number of anilines is 1. The normalized spacial score (nSPS) is 18.1. The Kier molecular flexibility index (Phi) is 5.96. The van der Waals surface area contributed by atoms with Crippen LogP contribution in [0, 0.1) is 13.8 Å². The van der Waals surface area contributed by atoms with Crippen LogP contribution in [0.1, 0.15) is 43.4 Å². The van der Waals surface area contributed by atoms with Crippen LogP contribution in [-0.2, 0) is 9.59 Å². The molecule has 160 valence electrons. The van der Waals surface area contributed by atoms with Crippen molar-refractivity contribution in [3.8, 4) is 0 Å². The molecule has 2 atom stereocenters. The van der Waals surface area contributed by atoms with Crippen molar-refractivity contribution >= 4 is 46.0 Å². The van der Waals surface area contributed by atoms with Gasteiger partial charge in [0, 0.05) is 11.3 Å². The van der Waals surface area contributed by atoms with E-state index in [0.717, 1.165) is 34.5 Å². The SMILES string of the molecule is CCC[C@H]1N=C2c3ccccc3N=C(S[C@H](C)C(=O)Nc3cccc(C)c3C)N2C1=O. The lowest BCUT2D eigenvalue weighted by Gasteiger charge is -2.27. The van der Waals surface area contributed by atoms with E-state index >= 15 is 0 Å². The number of amides is 2. The zero-order valence-electron chi connectivity index (χ0n) is 18.2. The third-order valence-corrected chi connectivity index (χ3v) is 6.68. The van der Waals surface area contributed by atoms with E-state index in [1.165, 1.54) is 11.8 Å². The monoisotopic (exact) mass is 434 g/mol. The van der Waals surface area contributed by atoms with E-state index in [0.29, 0.717) is 17.4 Å². The molecule has 6 nitrogen and oxygen atoms in total. The number of nitrogens with one attached hydrogen (secondary N) is 1. The lowest BCUT2D eigenvalue weighted by atomic mass is 10.1. The maximum absolute atomic E-state index is 13.1. The van der Waals surface area contributed by atoms with Gasteiger partial charge in [-0.25, -0.2) is 9.89 Å². The van der Waals surface area contributed by atoms with E-state index in [2.05, 4.69) is 5.32 Å². The molecule has 4 rings (SSSR count). The fourth-order valence-corrected chi connectivity index (χ4v) is 4.59. The summed E-state index contributed by atoms with van der Waals surface area (Å²) in [5, 5.41) is 3.07. The zero-order chi connectivity index (χ0) is 22.1. The second-order valence-electron chi connectivity index (χ2n) is 7.84. The number of carbonyl (C=O) groups is 2. The van der Waals surface area contributed by atoms with Crippen molar-refractivity contribution in [1.82, 2.24) is 4.90 Å². The van der Waals surface area contributed by atoms with Gasteiger partial charge in [-0.15, -0.1) is 0 Å². The van der Waals surface area contributed by atoms with Gasteiger partial charge < -0.3 is 5.32 Å². The summed E-state index contributed by atoms with van der Waals surface area (Å²) in [6.07, 6.45) is 1.57. The van der Waals surface area contributed by atoms with E-state index in [1.807, 2.05) is 70.2 Å². The Morgan fingerprint density at radius 2 is 1.97 bits per heavy atom. The van der Waals surface area contributed by atoms with Crippen LogP contribution in [0.3, 0.4) is 0 Å². The minimum absolute atomic E-state index is 0.0697. The molecule has 0 aliphatic carbocycles. The Hall–Kier alpha value is -2.93. The molecule has 0 fully saturated rings. The number of para-hydroxylation sites is 1. The molecule has 0 spiro atoms. The minimum Gasteiger partial charge on any atom is -0.325 e. The maximum Gasteiger partial charge on any atom is 0.259 e. The summed E-state index contributed by atoms with van der Waals surface area (Å²) < 4.78 is 0. The lowest BCUT2D eigenvalue weighted by Crippen LogP contribution is -2.42. The van der Waals surface area contributed by atoms with Gasteiger partial charge >= 0.3 is 0 Å². The summed E-state index contributed by atoms with van der Waals surface area (Å²) in [4.78, 5) is 37.0. The number of amidine groups is 2. The van der Waals surface area contributed by atoms with E-state index in [1.54, 1.807) is 4.90 Å².